The van der Waals surface area contributed by atoms with Gasteiger partial charge in [0.1, 0.15) is 5.75 Å². The maximum atomic E-state index is 11.1. The summed E-state index contributed by atoms with van der Waals surface area (Å²) in [5.74, 6) is 0.867. The third-order valence-electron chi connectivity index (χ3n) is 4.99. The van der Waals surface area contributed by atoms with Crippen molar-refractivity contribution < 1.29 is 19.4 Å². The monoisotopic (exact) mass is 334 g/mol. The summed E-state index contributed by atoms with van der Waals surface area (Å²) in [6.45, 7) is 5.84. The molecule has 1 amide bonds. The molecule has 0 bridgehead atoms. The zero-order valence-corrected chi connectivity index (χ0v) is 14.4. The van der Waals surface area contributed by atoms with Gasteiger partial charge in [0.05, 0.1) is 18.8 Å². The Morgan fingerprint density at radius 2 is 2.00 bits per heavy atom. The molecule has 0 aromatic heterocycles. The molecule has 2 aliphatic heterocycles. The van der Waals surface area contributed by atoms with Gasteiger partial charge in [0.15, 0.2) is 0 Å². The Labute approximate surface area is 143 Å². The highest BCUT2D eigenvalue weighted by Gasteiger charge is 2.42. The van der Waals surface area contributed by atoms with Crippen molar-refractivity contribution in [3.05, 3.63) is 29.8 Å². The molecule has 0 radical (unpaired) electrons. The van der Waals surface area contributed by atoms with Crippen LogP contribution < -0.4 is 4.74 Å². The summed E-state index contributed by atoms with van der Waals surface area (Å²) in [5.41, 5.74) is 1.04. The van der Waals surface area contributed by atoms with Crippen LogP contribution in [0.25, 0.3) is 0 Å². The van der Waals surface area contributed by atoms with Gasteiger partial charge in [-0.3, -0.25) is 4.90 Å². The third kappa shape index (κ3) is 3.82. The second kappa shape index (κ2) is 6.99. The molecule has 1 aromatic rings. The first-order chi connectivity index (χ1) is 11.5. The van der Waals surface area contributed by atoms with Crippen LogP contribution >= 0.6 is 0 Å². The van der Waals surface area contributed by atoms with Crippen LogP contribution in [0, 0.1) is 0 Å². The number of likely N-dealkylation sites (tertiary alicyclic amines) is 1. The van der Waals surface area contributed by atoms with Crippen LogP contribution in [0.4, 0.5) is 4.79 Å². The van der Waals surface area contributed by atoms with Gasteiger partial charge >= 0.3 is 6.09 Å². The fourth-order valence-electron chi connectivity index (χ4n) is 3.83. The normalized spacial score (nSPS) is 24.1. The third-order valence-corrected chi connectivity index (χ3v) is 4.99. The fourth-order valence-corrected chi connectivity index (χ4v) is 3.83. The highest BCUT2D eigenvalue weighted by atomic mass is 16.5. The molecular formula is C18H26N2O4. The first-order valence-electron chi connectivity index (χ1n) is 8.51. The van der Waals surface area contributed by atoms with Gasteiger partial charge in [0, 0.05) is 32.7 Å². The number of piperidine rings is 1. The molecule has 2 aliphatic rings. The fraction of sp³-hybridized carbons (Fsp3) is 0.611. The van der Waals surface area contributed by atoms with E-state index in [0.29, 0.717) is 13.1 Å². The van der Waals surface area contributed by atoms with Crippen molar-refractivity contribution in [3.63, 3.8) is 0 Å². The number of hydrogen-bond acceptors (Lipinski definition) is 4. The Morgan fingerprint density at radius 3 is 2.58 bits per heavy atom. The number of hydrogen-bond donors (Lipinski definition) is 1. The number of rotatable bonds is 3. The maximum absolute atomic E-state index is 11.1. The predicted molar refractivity (Wildman–Crippen MR) is 90.4 cm³/mol. The SMILES string of the molecule is COc1ccc(CN2CC(C)OC3(CCN(C(=O)O)CC3)C2)cc1. The van der Waals surface area contributed by atoms with E-state index in [-0.39, 0.29) is 11.7 Å². The first kappa shape index (κ1) is 17.0. The standard InChI is InChI=1S/C18H26N2O4/c1-14-11-19(12-15-3-5-16(23-2)6-4-15)13-18(24-14)7-9-20(10-8-18)17(21)22/h3-6,14H,7-13H2,1-2H3,(H,21,22). The molecule has 6 nitrogen and oxygen atoms in total. The molecule has 1 spiro atoms. The maximum Gasteiger partial charge on any atom is 0.407 e. The highest BCUT2D eigenvalue weighted by molar-refractivity contribution is 5.65. The predicted octanol–water partition coefficient (Wildman–Crippen LogP) is 2.43. The van der Waals surface area contributed by atoms with Crippen LogP contribution in [-0.2, 0) is 11.3 Å². The van der Waals surface area contributed by atoms with E-state index in [1.807, 2.05) is 12.1 Å². The van der Waals surface area contributed by atoms with E-state index in [9.17, 15) is 4.79 Å². The lowest BCUT2D eigenvalue weighted by molar-refractivity contribution is -0.169. The lowest BCUT2D eigenvalue weighted by Crippen LogP contribution is -2.59. The number of nitrogens with zero attached hydrogens (tertiary/aromatic N) is 2. The summed E-state index contributed by atoms with van der Waals surface area (Å²) in [6, 6.07) is 8.16. The number of morpholine rings is 1. The van der Waals surface area contributed by atoms with Gasteiger partial charge in [-0.1, -0.05) is 12.1 Å². The van der Waals surface area contributed by atoms with Gasteiger partial charge in [-0.15, -0.1) is 0 Å². The molecule has 1 aromatic carbocycles. The van der Waals surface area contributed by atoms with E-state index in [2.05, 4.69) is 24.0 Å². The molecule has 2 heterocycles. The molecule has 2 fully saturated rings. The van der Waals surface area contributed by atoms with Crippen LogP contribution in [0.3, 0.4) is 0 Å². The molecule has 0 saturated carbocycles. The van der Waals surface area contributed by atoms with E-state index in [1.54, 1.807) is 7.11 Å². The van der Waals surface area contributed by atoms with Gasteiger partial charge in [-0.05, 0) is 37.5 Å². The van der Waals surface area contributed by atoms with Crippen molar-refractivity contribution in [2.24, 2.45) is 0 Å². The van der Waals surface area contributed by atoms with Gasteiger partial charge < -0.3 is 19.5 Å². The van der Waals surface area contributed by atoms with E-state index in [4.69, 9.17) is 14.6 Å². The van der Waals surface area contributed by atoms with Crippen LogP contribution in [0.15, 0.2) is 24.3 Å². The molecule has 3 rings (SSSR count). The zero-order chi connectivity index (χ0) is 17.2. The van der Waals surface area contributed by atoms with E-state index < -0.39 is 6.09 Å². The Kier molecular flexibility index (Phi) is 4.96. The number of ether oxygens (including phenoxy) is 2. The van der Waals surface area contributed by atoms with Crippen LogP contribution in [0.5, 0.6) is 5.75 Å². The average molecular weight is 334 g/mol. The van der Waals surface area contributed by atoms with Gasteiger partial charge in [0.2, 0.25) is 0 Å². The number of carbonyl (C=O) groups is 1. The lowest BCUT2D eigenvalue weighted by atomic mass is 9.88. The summed E-state index contributed by atoms with van der Waals surface area (Å²) in [6.07, 6.45) is 0.864. The van der Waals surface area contributed by atoms with E-state index in [0.717, 1.165) is 38.2 Å². The Balaban J connectivity index is 1.64. The minimum absolute atomic E-state index is 0.161. The second-order valence-corrected chi connectivity index (χ2v) is 6.90. The topological polar surface area (TPSA) is 62.2 Å². The Morgan fingerprint density at radius 1 is 1.33 bits per heavy atom. The number of methoxy groups -OCH3 is 1. The van der Waals surface area contributed by atoms with Crippen LogP contribution in [0.2, 0.25) is 0 Å². The van der Waals surface area contributed by atoms with Crippen LogP contribution in [0.1, 0.15) is 25.3 Å². The van der Waals surface area contributed by atoms with Crippen molar-refractivity contribution in [1.82, 2.24) is 9.80 Å². The van der Waals surface area contributed by atoms with Gasteiger partial charge in [-0.25, -0.2) is 4.79 Å². The molecule has 132 valence electrons. The van der Waals surface area contributed by atoms with E-state index in [1.165, 1.54) is 10.5 Å². The molecule has 6 heteroatoms. The van der Waals surface area contributed by atoms with E-state index >= 15 is 0 Å². The molecule has 1 N–H and O–H groups in total. The van der Waals surface area contributed by atoms with Crippen molar-refractivity contribution in [2.45, 2.75) is 38.0 Å². The molecule has 1 unspecified atom stereocenters. The van der Waals surface area contributed by atoms with Gasteiger partial charge in [-0.2, -0.15) is 0 Å². The average Bonchev–Trinajstić information content (AvgIpc) is 2.55. The quantitative estimate of drug-likeness (QED) is 0.920. The number of amides is 1. The minimum atomic E-state index is -0.830. The summed E-state index contributed by atoms with van der Waals surface area (Å²) < 4.78 is 11.5. The number of benzene rings is 1. The summed E-state index contributed by atoms with van der Waals surface area (Å²) in [5, 5.41) is 9.13. The Bertz CT molecular complexity index is 567. The highest BCUT2D eigenvalue weighted by Crippen LogP contribution is 2.33. The first-order valence-corrected chi connectivity index (χ1v) is 8.51. The summed E-state index contributed by atoms with van der Waals surface area (Å²) in [7, 11) is 1.67. The van der Waals surface area contributed by atoms with Crippen molar-refractivity contribution in [3.8, 4) is 5.75 Å². The molecular weight excluding hydrogens is 308 g/mol. The molecule has 2 saturated heterocycles. The van der Waals surface area contributed by atoms with Gasteiger partial charge in [0.25, 0.3) is 0 Å². The summed E-state index contributed by atoms with van der Waals surface area (Å²) in [4.78, 5) is 15.0. The molecule has 0 aliphatic carbocycles. The minimum Gasteiger partial charge on any atom is -0.497 e. The zero-order valence-electron chi connectivity index (χ0n) is 14.4. The second-order valence-electron chi connectivity index (χ2n) is 6.90. The van der Waals surface area contributed by atoms with Crippen molar-refractivity contribution in [1.29, 1.82) is 0 Å². The largest absolute Gasteiger partial charge is 0.497 e. The molecule has 1 atom stereocenters. The van der Waals surface area contributed by atoms with Crippen molar-refractivity contribution in [2.75, 3.05) is 33.3 Å². The van der Waals surface area contributed by atoms with Crippen LogP contribution in [-0.4, -0.2) is 66.0 Å². The lowest BCUT2D eigenvalue weighted by Gasteiger charge is -2.49. The Hall–Kier alpha value is -1.79. The summed E-state index contributed by atoms with van der Waals surface area (Å²) >= 11 is 0. The smallest absolute Gasteiger partial charge is 0.407 e. The number of carboxylic acid groups (broad SMARTS) is 1. The van der Waals surface area contributed by atoms with Crippen molar-refractivity contribution >= 4 is 6.09 Å². The molecule has 24 heavy (non-hydrogen) atoms.